The van der Waals surface area contributed by atoms with Crippen molar-refractivity contribution in [2.24, 2.45) is 0 Å². The van der Waals surface area contributed by atoms with Crippen LogP contribution in [0.25, 0.3) is 16.4 Å². The Labute approximate surface area is 174 Å². The van der Waals surface area contributed by atoms with Crippen molar-refractivity contribution in [3.63, 3.8) is 0 Å². The molecule has 2 aromatic heterocycles. The predicted molar refractivity (Wildman–Crippen MR) is 117 cm³/mol. The van der Waals surface area contributed by atoms with Crippen LogP contribution in [-0.4, -0.2) is 20.7 Å². The minimum Gasteiger partial charge on any atom is -0.311 e. The van der Waals surface area contributed by atoms with Gasteiger partial charge in [-0.3, -0.25) is 4.79 Å². The van der Waals surface area contributed by atoms with Crippen LogP contribution in [0.5, 0.6) is 0 Å². The molecule has 4 rings (SSSR count). The highest BCUT2D eigenvalue weighted by Crippen LogP contribution is 2.26. The molecular formula is C23H22N4OS. The van der Waals surface area contributed by atoms with Gasteiger partial charge in [0.15, 0.2) is 0 Å². The Hall–Kier alpha value is -3.25. The Morgan fingerprint density at radius 1 is 1.07 bits per heavy atom. The summed E-state index contributed by atoms with van der Waals surface area (Å²) in [7, 11) is 0. The molecule has 0 aliphatic heterocycles. The fraction of sp³-hybridized carbons (Fsp3) is 0.174. The molecule has 0 aliphatic carbocycles. The Kier molecular flexibility index (Phi) is 5.81. The number of hydrogen-bond donors (Lipinski definition) is 1. The first-order valence-corrected chi connectivity index (χ1v) is 10.5. The topological polar surface area (TPSA) is 59.8 Å². The van der Waals surface area contributed by atoms with Crippen molar-refractivity contribution in [2.45, 2.75) is 26.2 Å². The van der Waals surface area contributed by atoms with Gasteiger partial charge in [-0.05, 0) is 25.3 Å². The van der Waals surface area contributed by atoms with E-state index in [1.165, 1.54) is 16.9 Å². The largest absolute Gasteiger partial charge is 0.311 e. The monoisotopic (exact) mass is 402 g/mol. The zero-order valence-electron chi connectivity index (χ0n) is 16.2. The van der Waals surface area contributed by atoms with E-state index in [4.69, 9.17) is 4.98 Å². The second-order valence-corrected chi connectivity index (χ2v) is 7.69. The minimum absolute atomic E-state index is 0.0121. The number of aromatic nitrogens is 3. The summed E-state index contributed by atoms with van der Waals surface area (Å²) in [5.41, 5.74) is 4.04. The van der Waals surface area contributed by atoms with Crippen LogP contribution in [-0.2, 0) is 11.2 Å². The van der Waals surface area contributed by atoms with Gasteiger partial charge in [0.1, 0.15) is 5.82 Å². The van der Waals surface area contributed by atoms with Crippen LogP contribution in [0.2, 0.25) is 0 Å². The van der Waals surface area contributed by atoms with Gasteiger partial charge in [-0.15, -0.1) is 11.3 Å². The number of amides is 1. The molecular weight excluding hydrogens is 380 g/mol. The third-order valence-electron chi connectivity index (χ3n) is 4.55. The molecule has 5 nitrogen and oxygen atoms in total. The van der Waals surface area contributed by atoms with Gasteiger partial charge in [0, 0.05) is 23.4 Å². The molecule has 0 saturated carbocycles. The van der Waals surface area contributed by atoms with Gasteiger partial charge in [-0.25, -0.2) is 4.98 Å². The lowest BCUT2D eigenvalue weighted by Crippen LogP contribution is -2.14. The van der Waals surface area contributed by atoms with Gasteiger partial charge >= 0.3 is 0 Å². The Bertz CT molecular complexity index is 1090. The van der Waals surface area contributed by atoms with Crippen molar-refractivity contribution in [3.8, 4) is 16.4 Å². The lowest BCUT2D eigenvalue weighted by Gasteiger charge is -2.07. The standard InChI is InChI=1S/C23H22N4OS/c1-17-15-21(25-22(28)14-8-11-18-9-4-2-5-10-18)27(26-17)23-24-20(16-29-23)19-12-6-3-7-13-19/h2-7,9-10,12-13,15-16H,8,11,14H2,1H3,(H,25,28). The molecule has 0 spiro atoms. The van der Waals surface area contributed by atoms with Gasteiger partial charge in [-0.2, -0.15) is 9.78 Å². The summed E-state index contributed by atoms with van der Waals surface area (Å²) in [6, 6.07) is 22.1. The van der Waals surface area contributed by atoms with E-state index < -0.39 is 0 Å². The first kappa shape index (κ1) is 19.1. The fourth-order valence-corrected chi connectivity index (χ4v) is 3.94. The molecule has 2 heterocycles. The van der Waals surface area contributed by atoms with Crippen LogP contribution in [0, 0.1) is 6.92 Å². The molecule has 4 aromatic rings. The summed E-state index contributed by atoms with van der Waals surface area (Å²) in [4.78, 5) is 17.2. The number of hydrogen-bond acceptors (Lipinski definition) is 4. The number of carbonyl (C=O) groups is 1. The van der Waals surface area contributed by atoms with E-state index in [2.05, 4.69) is 22.5 Å². The summed E-state index contributed by atoms with van der Waals surface area (Å²) in [6.07, 6.45) is 2.16. The van der Waals surface area contributed by atoms with Gasteiger partial charge in [-0.1, -0.05) is 60.7 Å². The normalized spacial score (nSPS) is 10.8. The summed E-state index contributed by atoms with van der Waals surface area (Å²) >= 11 is 1.51. The fourth-order valence-electron chi connectivity index (χ4n) is 3.14. The summed E-state index contributed by atoms with van der Waals surface area (Å²) in [5.74, 6) is 0.642. The van der Waals surface area contributed by atoms with E-state index in [1.54, 1.807) is 4.68 Å². The molecule has 146 valence electrons. The zero-order chi connectivity index (χ0) is 20.1. The van der Waals surface area contributed by atoms with Crippen molar-refractivity contribution < 1.29 is 4.79 Å². The van der Waals surface area contributed by atoms with E-state index in [-0.39, 0.29) is 5.91 Å². The average molecular weight is 403 g/mol. The molecule has 2 aromatic carbocycles. The van der Waals surface area contributed by atoms with Crippen LogP contribution in [0.3, 0.4) is 0 Å². The SMILES string of the molecule is Cc1cc(NC(=O)CCCc2ccccc2)n(-c2nc(-c3ccccc3)cs2)n1. The van der Waals surface area contributed by atoms with Crippen LogP contribution in [0.4, 0.5) is 5.82 Å². The minimum atomic E-state index is -0.0121. The van der Waals surface area contributed by atoms with Gasteiger partial charge < -0.3 is 5.32 Å². The maximum absolute atomic E-state index is 12.5. The summed E-state index contributed by atoms with van der Waals surface area (Å²) < 4.78 is 1.71. The number of rotatable bonds is 7. The van der Waals surface area contributed by atoms with E-state index >= 15 is 0 Å². The quantitative estimate of drug-likeness (QED) is 0.458. The second kappa shape index (κ2) is 8.84. The van der Waals surface area contributed by atoms with Gasteiger partial charge in [0.25, 0.3) is 0 Å². The van der Waals surface area contributed by atoms with Gasteiger partial charge in [0.2, 0.25) is 11.0 Å². The number of thiazole rings is 1. The smallest absolute Gasteiger partial charge is 0.225 e. The van der Waals surface area contributed by atoms with Crippen LogP contribution < -0.4 is 5.32 Å². The van der Waals surface area contributed by atoms with Crippen molar-refractivity contribution in [1.29, 1.82) is 0 Å². The lowest BCUT2D eigenvalue weighted by atomic mass is 10.1. The molecule has 1 amide bonds. The van der Waals surface area contributed by atoms with Crippen LogP contribution >= 0.6 is 11.3 Å². The maximum Gasteiger partial charge on any atom is 0.225 e. The predicted octanol–water partition coefficient (Wildman–Crippen LogP) is 5.27. The first-order chi connectivity index (χ1) is 14.2. The number of aryl methyl sites for hydroxylation is 2. The van der Waals surface area contributed by atoms with E-state index in [0.29, 0.717) is 12.2 Å². The number of carbonyl (C=O) groups excluding carboxylic acids is 1. The molecule has 0 atom stereocenters. The highest BCUT2D eigenvalue weighted by Gasteiger charge is 2.14. The summed E-state index contributed by atoms with van der Waals surface area (Å²) in [5, 5.41) is 10.3. The Balaban J connectivity index is 1.43. The lowest BCUT2D eigenvalue weighted by molar-refractivity contribution is -0.116. The molecule has 6 heteroatoms. The number of nitrogens with one attached hydrogen (secondary N) is 1. The average Bonchev–Trinajstić information content (AvgIpc) is 3.36. The highest BCUT2D eigenvalue weighted by atomic mass is 32.1. The molecule has 0 radical (unpaired) electrons. The van der Waals surface area contributed by atoms with Crippen molar-refractivity contribution in [3.05, 3.63) is 83.4 Å². The molecule has 0 aliphatic rings. The number of benzene rings is 2. The molecule has 0 fully saturated rings. The van der Waals surface area contributed by atoms with Gasteiger partial charge in [0.05, 0.1) is 11.4 Å². The highest BCUT2D eigenvalue weighted by molar-refractivity contribution is 7.12. The van der Waals surface area contributed by atoms with Crippen LogP contribution in [0.1, 0.15) is 24.1 Å². The molecule has 29 heavy (non-hydrogen) atoms. The number of nitrogens with zero attached hydrogens (tertiary/aromatic N) is 3. The Morgan fingerprint density at radius 3 is 2.55 bits per heavy atom. The maximum atomic E-state index is 12.5. The molecule has 1 N–H and O–H groups in total. The third-order valence-corrected chi connectivity index (χ3v) is 5.37. The number of anilines is 1. The van der Waals surface area contributed by atoms with Crippen molar-refractivity contribution >= 4 is 23.1 Å². The third kappa shape index (κ3) is 4.78. The molecule has 0 bridgehead atoms. The Morgan fingerprint density at radius 2 is 1.79 bits per heavy atom. The second-order valence-electron chi connectivity index (χ2n) is 6.85. The van der Waals surface area contributed by atoms with Crippen LogP contribution in [0.15, 0.2) is 72.1 Å². The van der Waals surface area contributed by atoms with Crippen molar-refractivity contribution in [1.82, 2.24) is 14.8 Å². The zero-order valence-corrected chi connectivity index (χ0v) is 17.0. The van der Waals surface area contributed by atoms with Crippen molar-refractivity contribution in [2.75, 3.05) is 5.32 Å². The van der Waals surface area contributed by atoms with E-state index in [1.807, 2.05) is 66.9 Å². The molecule has 0 saturated heterocycles. The van der Waals surface area contributed by atoms with E-state index in [9.17, 15) is 4.79 Å². The summed E-state index contributed by atoms with van der Waals surface area (Å²) in [6.45, 7) is 1.91. The first-order valence-electron chi connectivity index (χ1n) is 9.61. The van der Waals surface area contributed by atoms with E-state index in [0.717, 1.165) is 34.9 Å². The molecule has 0 unspecified atom stereocenters.